The molecule has 3 rings (SSSR count). The molecule has 0 bridgehead atoms. The molecule has 1 heterocycles. The van der Waals surface area contributed by atoms with Gasteiger partial charge < -0.3 is 19.8 Å². The van der Waals surface area contributed by atoms with Crippen molar-refractivity contribution in [2.75, 3.05) is 11.9 Å². The van der Waals surface area contributed by atoms with Crippen molar-refractivity contribution in [1.29, 1.82) is 0 Å². The summed E-state index contributed by atoms with van der Waals surface area (Å²) < 4.78 is 5.38. The van der Waals surface area contributed by atoms with E-state index in [2.05, 4.69) is 10.3 Å². The fourth-order valence-electron chi connectivity index (χ4n) is 3.07. The molecule has 0 spiro atoms. The number of benzene rings is 1. The van der Waals surface area contributed by atoms with Gasteiger partial charge in [0.1, 0.15) is 12.0 Å². The fourth-order valence-corrected chi connectivity index (χ4v) is 3.07. The number of H-pyrrole nitrogens is 1. The first kappa shape index (κ1) is 15.3. The lowest BCUT2D eigenvalue weighted by atomic mass is 9.85. The Labute approximate surface area is 135 Å². The highest BCUT2D eigenvalue weighted by atomic mass is 16.5. The maximum Gasteiger partial charge on any atom is 0.257 e. The summed E-state index contributed by atoms with van der Waals surface area (Å²) in [4.78, 5) is 27.0. The molecular formula is C18H20N2O3. The quantitative estimate of drug-likeness (QED) is 0.832. The maximum absolute atomic E-state index is 12.5. The Balaban J connectivity index is 1.79. The van der Waals surface area contributed by atoms with Gasteiger partial charge in [0.2, 0.25) is 0 Å². The van der Waals surface area contributed by atoms with Crippen LogP contribution in [0.25, 0.3) is 0 Å². The van der Waals surface area contributed by atoms with E-state index in [4.69, 9.17) is 4.74 Å². The smallest absolute Gasteiger partial charge is 0.257 e. The molecule has 1 aromatic heterocycles. The van der Waals surface area contributed by atoms with Crippen molar-refractivity contribution in [3.63, 3.8) is 0 Å². The van der Waals surface area contributed by atoms with Gasteiger partial charge in [-0.2, -0.15) is 0 Å². The fraction of sp³-hybridized carbons (Fsp3) is 0.333. The van der Waals surface area contributed by atoms with Crippen LogP contribution in [0.15, 0.2) is 30.5 Å². The lowest BCUT2D eigenvalue weighted by Gasteiger charge is -2.19. The molecule has 0 fully saturated rings. The molecular weight excluding hydrogens is 292 g/mol. The number of aromatic amines is 1. The predicted molar refractivity (Wildman–Crippen MR) is 88.1 cm³/mol. The number of hydrogen-bond acceptors (Lipinski definition) is 3. The Kier molecular flexibility index (Phi) is 4.46. The number of carbonyl (C=O) groups excluding carboxylic acids is 2. The molecule has 0 aliphatic heterocycles. The van der Waals surface area contributed by atoms with Crippen LogP contribution in [-0.4, -0.2) is 23.8 Å². The summed E-state index contributed by atoms with van der Waals surface area (Å²) in [5.74, 6) is 0.386. The van der Waals surface area contributed by atoms with Gasteiger partial charge in [-0.25, -0.2) is 0 Å². The van der Waals surface area contributed by atoms with Crippen molar-refractivity contribution in [3.8, 4) is 5.75 Å². The SMILES string of the molecule is CCOc1ccc(NC(=O)c2c[nH]c3c2C(C=O)CCC3)cc1. The van der Waals surface area contributed by atoms with Crippen molar-refractivity contribution in [3.05, 3.63) is 47.3 Å². The molecule has 1 amide bonds. The zero-order valence-corrected chi connectivity index (χ0v) is 13.1. The number of anilines is 1. The van der Waals surface area contributed by atoms with E-state index < -0.39 is 0 Å². The van der Waals surface area contributed by atoms with Crippen molar-refractivity contribution >= 4 is 17.9 Å². The lowest BCUT2D eigenvalue weighted by Crippen LogP contribution is -2.17. The number of amides is 1. The molecule has 2 aromatic rings. The van der Waals surface area contributed by atoms with Gasteiger partial charge in [-0.1, -0.05) is 0 Å². The predicted octanol–water partition coefficient (Wildman–Crippen LogP) is 3.28. The number of carbonyl (C=O) groups is 2. The van der Waals surface area contributed by atoms with Crippen LogP contribution in [0.1, 0.15) is 47.3 Å². The van der Waals surface area contributed by atoms with Gasteiger partial charge in [-0.15, -0.1) is 0 Å². The van der Waals surface area contributed by atoms with E-state index in [0.29, 0.717) is 17.9 Å². The van der Waals surface area contributed by atoms with Gasteiger partial charge in [-0.05, 0) is 56.0 Å². The summed E-state index contributed by atoms with van der Waals surface area (Å²) in [6.07, 6.45) is 5.31. The van der Waals surface area contributed by atoms with E-state index in [0.717, 1.165) is 42.6 Å². The number of aromatic nitrogens is 1. The van der Waals surface area contributed by atoms with E-state index in [1.807, 2.05) is 19.1 Å². The first-order valence-corrected chi connectivity index (χ1v) is 7.92. The summed E-state index contributed by atoms with van der Waals surface area (Å²) in [7, 11) is 0. The van der Waals surface area contributed by atoms with E-state index in [-0.39, 0.29) is 11.8 Å². The Morgan fingerprint density at radius 2 is 2.17 bits per heavy atom. The molecule has 23 heavy (non-hydrogen) atoms. The summed E-state index contributed by atoms with van der Waals surface area (Å²) in [5.41, 5.74) is 3.12. The first-order chi connectivity index (χ1) is 11.2. The minimum atomic E-state index is -0.194. The molecule has 1 unspecified atom stereocenters. The van der Waals surface area contributed by atoms with Gasteiger partial charge in [0.25, 0.3) is 5.91 Å². The Hall–Kier alpha value is -2.56. The molecule has 1 aliphatic carbocycles. The molecule has 0 saturated carbocycles. The molecule has 1 aromatic carbocycles. The van der Waals surface area contributed by atoms with Crippen molar-refractivity contribution < 1.29 is 14.3 Å². The minimum absolute atomic E-state index is 0.189. The highest BCUT2D eigenvalue weighted by Gasteiger charge is 2.27. The van der Waals surface area contributed by atoms with E-state index in [1.54, 1.807) is 18.3 Å². The molecule has 2 N–H and O–H groups in total. The zero-order valence-electron chi connectivity index (χ0n) is 13.1. The first-order valence-electron chi connectivity index (χ1n) is 7.92. The second kappa shape index (κ2) is 6.69. The third kappa shape index (κ3) is 3.13. The van der Waals surface area contributed by atoms with Crippen LogP contribution in [-0.2, 0) is 11.2 Å². The summed E-state index contributed by atoms with van der Waals surface area (Å²) in [6, 6.07) is 7.25. The summed E-state index contributed by atoms with van der Waals surface area (Å²) >= 11 is 0. The monoisotopic (exact) mass is 312 g/mol. The van der Waals surface area contributed by atoms with Crippen LogP contribution in [0.4, 0.5) is 5.69 Å². The molecule has 120 valence electrons. The maximum atomic E-state index is 12.5. The average molecular weight is 312 g/mol. The van der Waals surface area contributed by atoms with Crippen molar-refractivity contribution in [2.24, 2.45) is 0 Å². The van der Waals surface area contributed by atoms with Crippen LogP contribution < -0.4 is 10.1 Å². The highest BCUT2D eigenvalue weighted by Crippen LogP contribution is 2.33. The largest absolute Gasteiger partial charge is 0.494 e. The Morgan fingerprint density at radius 1 is 1.39 bits per heavy atom. The topological polar surface area (TPSA) is 71.2 Å². The van der Waals surface area contributed by atoms with Crippen LogP contribution in [0.2, 0.25) is 0 Å². The Bertz CT molecular complexity index is 704. The summed E-state index contributed by atoms with van der Waals surface area (Å²) in [5, 5.41) is 2.88. The second-order valence-electron chi connectivity index (χ2n) is 5.64. The van der Waals surface area contributed by atoms with E-state index in [1.165, 1.54) is 0 Å². The van der Waals surface area contributed by atoms with Gasteiger partial charge in [0, 0.05) is 23.5 Å². The highest BCUT2D eigenvalue weighted by molar-refractivity contribution is 6.06. The molecule has 1 atom stereocenters. The summed E-state index contributed by atoms with van der Waals surface area (Å²) in [6.45, 7) is 2.53. The van der Waals surface area contributed by atoms with Gasteiger partial charge >= 0.3 is 0 Å². The van der Waals surface area contributed by atoms with Crippen LogP contribution in [0.5, 0.6) is 5.75 Å². The number of rotatable bonds is 5. The molecule has 5 heteroatoms. The van der Waals surface area contributed by atoms with Crippen molar-refractivity contribution in [2.45, 2.75) is 32.1 Å². The lowest BCUT2D eigenvalue weighted by molar-refractivity contribution is -0.109. The zero-order chi connectivity index (χ0) is 16.2. The average Bonchev–Trinajstić information content (AvgIpc) is 3.01. The normalized spacial score (nSPS) is 16.5. The van der Waals surface area contributed by atoms with E-state index >= 15 is 0 Å². The van der Waals surface area contributed by atoms with Crippen molar-refractivity contribution in [1.82, 2.24) is 4.98 Å². The van der Waals surface area contributed by atoms with Gasteiger partial charge in [-0.3, -0.25) is 4.79 Å². The standard InChI is InChI=1S/C18H20N2O3/c1-2-23-14-8-6-13(7-9-14)20-18(22)15-10-19-16-5-3-4-12(11-21)17(15)16/h6-12,19H,2-5H2,1H3,(H,20,22). The number of hydrogen-bond donors (Lipinski definition) is 2. The number of aryl methyl sites for hydroxylation is 1. The number of fused-ring (bicyclic) bond motifs is 1. The molecule has 0 radical (unpaired) electrons. The Morgan fingerprint density at radius 3 is 2.87 bits per heavy atom. The third-order valence-corrected chi connectivity index (χ3v) is 4.15. The minimum Gasteiger partial charge on any atom is -0.494 e. The number of ether oxygens (including phenoxy) is 1. The van der Waals surface area contributed by atoms with Gasteiger partial charge in [0.05, 0.1) is 12.2 Å². The van der Waals surface area contributed by atoms with Crippen LogP contribution >= 0.6 is 0 Å². The third-order valence-electron chi connectivity index (χ3n) is 4.15. The number of aldehydes is 1. The van der Waals surface area contributed by atoms with Crippen LogP contribution in [0.3, 0.4) is 0 Å². The molecule has 5 nitrogen and oxygen atoms in total. The van der Waals surface area contributed by atoms with E-state index in [9.17, 15) is 9.59 Å². The molecule has 0 saturated heterocycles. The van der Waals surface area contributed by atoms with Gasteiger partial charge in [0.15, 0.2) is 0 Å². The van der Waals surface area contributed by atoms with Crippen LogP contribution in [0, 0.1) is 0 Å². The number of nitrogens with one attached hydrogen (secondary N) is 2. The molecule has 1 aliphatic rings. The second-order valence-corrected chi connectivity index (χ2v) is 5.64.